The van der Waals surface area contributed by atoms with Crippen molar-refractivity contribution >= 4 is 5.91 Å². The Hall–Kier alpha value is -2.29. The fourth-order valence-corrected chi connectivity index (χ4v) is 1.56. The number of amides is 1. The van der Waals surface area contributed by atoms with Crippen molar-refractivity contribution in [3.8, 4) is 0 Å². The van der Waals surface area contributed by atoms with Gasteiger partial charge in [-0.3, -0.25) is 10.2 Å². The second-order valence-corrected chi connectivity index (χ2v) is 3.77. The lowest BCUT2D eigenvalue weighted by atomic mass is 10.4. The molecule has 1 amide bonds. The van der Waals surface area contributed by atoms with Crippen LogP contribution in [0.25, 0.3) is 0 Å². The summed E-state index contributed by atoms with van der Waals surface area (Å²) < 4.78 is 3.33. The average Bonchev–Trinajstić information content (AvgIpc) is 2.92. The van der Waals surface area contributed by atoms with Crippen LogP contribution in [-0.4, -0.2) is 35.7 Å². The number of aryl methyl sites for hydroxylation is 4. The van der Waals surface area contributed by atoms with Gasteiger partial charge in [-0.1, -0.05) is 5.21 Å². The van der Waals surface area contributed by atoms with Gasteiger partial charge in [0.05, 0.1) is 19.3 Å². The molecule has 0 atom stereocenters. The van der Waals surface area contributed by atoms with Crippen molar-refractivity contribution in [3.63, 3.8) is 0 Å². The summed E-state index contributed by atoms with van der Waals surface area (Å²) in [6.07, 6.45) is 1.53. The molecule has 18 heavy (non-hydrogen) atoms. The molecule has 0 unspecified atom stereocenters. The van der Waals surface area contributed by atoms with E-state index in [0.29, 0.717) is 13.1 Å². The van der Waals surface area contributed by atoms with Crippen LogP contribution in [0.2, 0.25) is 0 Å². The molecule has 0 aromatic carbocycles. The predicted molar refractivity (Wildman–Crippen MR) is 61.2 cm³/mol. The largest absolute Gasteiger partial charge is 0.289 e. The number of nitrogens with zero attached hydrogens (tertiary/aromatic N) is 6. The van der Waals surface area contributed by atoms with Crippen molar-refractivity contribution in [2.75, 3.05) is 0 Å². The monoisotopic (exact) mass is 250 g/mol. The Labute approximate surface area is 103 Å². The maximum atomic E-state index is 11.2. The molecule has 2 rings (SSSR count). The van der Waals surface area contributed by atoms with Gasteiger partial charge in [0.15, 0.2) is 5.69 Å². The first kappa shape index (κ1) is 12.2. The van der Waals surface area contributed by atoms with Gasteiger partial charge in [-0.2, -0.15) is 5.10 Å². The van der Waals surface area contributed by atoms with E-state index in [4.69, 9.17) is 5.84 Å². The number of nitrogens with one attached hydrogen (secondary N) is 1. The number of carbonyl (C=O) groups is 1. The molecule has 0 aliphatic heterocycles. The van der Waals surface area contributed by atoms with Gasteiger partial charge in [-0.15, -0.1) is 5.10 Å². The SMILES string of the molecule is Cc1nc(C)n(CCn2cc(C(=O)NN)nn2)n1. The third-order valence-corrected chi connectivity index (χ3v) is 2.41. The van der Waals surface area contributed by atoms with E-state index in [1.165, 1.54) is 6.20 Å². The molecular formula is C9H14N8O. The van der Waals surface area contributed by atoms with Crippen LogP contribution in [-0.2, 0) is 13.1 Å². The predicted octanol–water partition coefficient (Wildman–Crippen LogP) is -1.21. The third kappa shape index (κ3) is 2.51. The number of hydrogen-bond donors (Lipinski definition) is 2. The quantitative estimate of drug-likeness (QED) is 0.399. The summed E-state index contributed by atoms with van der Waals surface area (Å²) in [5.74, 6) is 6.11. The molecule has 96 valence electrons. The lowest BCUT2D eigenvalue weighted by molar-refractivity contribution is 0.0948. The smallest absolute Gasteiger partial charge is 0.287 e. The van der Waals surface area contributed by atoms with Crippen LogP contribution >= 0.6 is 0 Å². The Morgan fingerprint density at radius 1 is 1.44 bits per heavy atom. The highest BCUT2D eigenvalue weighted by Gasteiger charge is 2.09. The Balaban J connectivity index is 2.00. The molecule has 3 N–H and O–H groups in total. The molecule has 0 saturated heterocycles. The molecule has 2 aromatic heterocycles. The fraction of sp³-hybridized carbons (Fsp3) is 0.444. The van der Waals surface area contributed by atoms with Gasteiger partial charge in [0, 0.05) is 0 Å². The second kappa shape index (κ2) is 4.92. The van der Waals surface area contributed by atoms with Crippen molar-refractivity contribution in [2.24, 2.45) is 5.84 Å². The van der Waals surface area contributed by atoms with E-state index in [9.17, 15) is 4.79 Å². The summed E-state index contributed by atoms with van der Waals surface area (Å²) in [5, 5.41) is 11.8. The molecule has 0 aliphatic rings. The van der Waals surface area contributed by atoms with Gasteiger partial charge >= 0.3 is 0 Å². The molecule has 0 spiro atoms. The van der Waals surface area contributed by atoms with Gasteiger partial charge in [-0.25, -0.2) is 20.2 Å². The molecule has 0 aliphatic carbocycles. The molecule has 2 heterocycles. The van der Waals surface area contributed by atoms with Crippen LogP contribution in [0.1, 0.15) is 22.1 Å². The van der Waals surface area contributed by atoms with Crippen molar-refractivity contribution in [1.29, 1.82) is 0 Å². The van der Waals surface area contributed by atoms with E-state index >= 15 is 0 Å². The first-order valence-corrected chi connectivity index (χ1v) is 5.39. The van der Waals surface area contributed by atoms with Gasteiger partial charge in [0.2, 0.25) is 0 Å². The third-order valence-electron chi connectivity index (χ3n) is 2.41. The summed E-state index contributed by atoms with van der Waals surface area (Å²) in [6.45, 7) is 4.88. The number of nitrogens with two attached hydrogens (primary N) is 1. The van der Waals surface area contributed by atoms with E-state index in [1.54, 1.807) is 9.36 Å². The van der Waals surface area contributed by atoms with Crippen molar-refractivity contribution < 1.29 is 4.79 Å². The maximum Gasteiger partial charge on any atom is 0.287 e. The van der Waals surface area contributed by atoms with Crippen LogP contribution in [0.3, 0.4) is 0 Å². The Morgan fingerprint density at radius 2 is 2.22 bits per heavy atom. The summed E-state index contributed by atoms with van der Waals surface area (Å²) >= 11 is 0. The minimum atomic E-state index is -0.464. The molecule has 0 radical (unpaired) electrons. The summed E-state index contributed by atoms with van der Waals surface area (Å²) in [6, 6.07) is 0. The zero-order chi connectivity index (χ0) is 13.1. The van der Waals surface area contributed by atoms with Crippen LogP contribution in [0.15, 0.2) is 6.20 Å². The van der Waals surface area contributed by atoms with Crippen LogP contribution in [0, 0.1) is 13.8 Å². The Morgan fingerprint density at radius 3 is 2.83 bits per heavy atom. The molecule has 0 saturated carbocycles. The van der Waals surface area contributed by atoms with Crippen LogP contribution < -0.4 is 11.3 Å². The van der Waals surface area contributed by atoms with Gasteiger partial charge < -0.3 is 0 Å². The van der Waals surface area contributed by atoms with Gasteiger partial charge in [0.1, 0.15) is 11.6 Å². The van der Waals surface area contributed by atoms with Gasteiger partial charge in [0.25, 0.3) is 5.91 Å². The lowest BCUT2D eigenvalue weighted by Crippen LogP contribution is -2.30. The number of carbonyl (C=O) groups excluding carboxylic acids is 1. The van der Waals surface area contributed by atoms with E-state index in [0.717, 1.165) is 11.6 Å². The minimum absolute atomic E-state index is 0.184. The number of hydrogen-bond acceptors (Lipinski definition) is 6. The molecule has 0 fully saturated rings. The minimum Gasteiger partial charge on any atom is -0.289 e. The van der Waals surface area contributed by atoms with Gasteiger partial charge in [-0.05, 0) is 13.8 Å². The molecule has 9 heteroatoms. The highest BCUT2D eigenvalue weighted by atomic mass is 16.2. The zero-order valence-corrected chi connectivity index (χ0v) is 10.2. The highest BCUT2D eigenvalue weighted by Crippen LogP contribution is 1.98. The van der Waals surface area contributed by atoms with E-state index in [-0.39, 0.29) is 5.69 Å². The zero-order valence-electron chi connectivity index (χ0n) is 10.2. The highest BCUT2D eigenvalue weighted by molar-refractivity contribution is 5.91. The van der Waals surface area contributed by atoms with E-state index < -0.39 is 5.91 Å². The van der Waals surface area contributed by atoms with Crippen molar-refractivity contribution in [1.82, 2.24) is 35.2 Å². The number of aromatic nitrogens is 6. The van der Waals surface area contributed by atoms with Crippen molar-refractivity contribution in [2.45, 2.75) is 26.9 Å². The maximum absolute atomic E-state index is 11.2. The number of nitrogen functional groups attached to an aromatic ring is 1. The lowest BCUT2D eigenvalue weighted by Gasteiger charge is -2.02. The molecule has 2 aromatic rings. The van der Waals surface area contributed by atoms with Crippen LogP contribution in [0.4, 0.5) is 0 Å². The number of rotatable bonds is 4. The summed E-state index contributed by atoms with van der Waals surface area (Å²) in [4.78, 5) is 15.4. The molecule has 0 bridgehead atoms. The molecular weight excluding hydrogens is 236 g/mol. The van der Waals surface area contributed by atoms with Crippen LogP contribution in [0.5, 0.6) is 0 Å². The molecule has 9 nitrogen and oxygen atoms in total. The van der Waals surface area contributed by atoms with Crippen molar-refractivity contribution in [3.05, 3.63) is 23.5 Å². The second-order valence-electron chi connectivity index (χ2n) is 3.77. The van der Waals surface area contributed by atoms with E-state index in [1.807, 2.05) is 19.3 Å². The van der Waals surface area contributed by atoms with E-state index in [2.05, 4.69) is 20.4 Å². The standard InChI is InChI=1S/C9H14N8O/c1-6-11-7(2)17(14-6)4-3-16-5-8(13-15-16)9(18)12-10/h5H,3-4,10H2,1-2H3,(H,12,18). The first-order valence-electron chi connectivity index (χ1n) is 5.39. The Kier molecular flexibility index (Phi) is 3.33. The topological polar surface area (TPSA) is 117 Å². The first-order chi connectivity index (χ1) is 8.60. The normalized spacial score (nSPS) is 10.6. The fourth-order valence-electron chi connectivity index (χ4n) is 1.56. The Bertz CT molecular complexity index is 557. The average molecular weight is 250 g/mol. The summed E-state index contributed by atoms with van der Waals surface area (Å²) in [5.41, 5.74) is 2.18. The number of hydrazine groups is 1. The summed E-state index contributed by atoms with van der Waals surface area (Å²) in [7, 11) is 0.